The third-order valence-electron chi connectivity index (χ3n) is 7.82. The summed E-state index contributed by atoms with van der Waals surface area (Å²) in [5.41, 5.74) is -0.517. The van der Waals surface area contributed by atoms with E-state index in [1.165, 1.54) is 0 Å². The number of phenols is 1. The van der Waals surface area contributed by atoms with E-state index in [0.717, 1.165) is 17.2 Å². The number of aromatic hydroxyl groups is 1. The number of phenolic OH excluding ortho intramolecular Hbond substituents is 1. The van der Waals surface area contributed by atoms with Gasteiger partial charge in [0.2, 0.25) is 6.10 Å². The number of likely N-dealkylation sites (N-methyl/N-ethyl adjacent to an activating group) is 1. The largest absolute Gasteiger partial charge is 0.504 e. The van der Waals surface area contributed by atoms with Crippen molar-refractivity contribution in [1.82, 2.24) is 4.90 Å². The molecule has 12 nitrogen and oxygen atoms in total. The normalized spacial score (nSPS) is 30.1. The topological polar surface area (TPSA) is 180 Å². The summed E-state index contributed by atoms with van der Waals surface area (Å²) in [6, 6.07) is 3.15. The number of benzene rings is 1. The molecule has 2 bridgehead atoms. The molecule has 4 N–H and O–H groups in total. The molecule has 2 unspecified atom stereocenters. The molecule has 4 aliphatic rings. The Labute approximate surface area is 210 Å². The molecule has 2 aliphatic heterocycles. The van der Waals surface area contributed by atoms with Gasteiger partial charge in [-0.25, -0.2) is 14.4 Å². The lowest BCUT2D eigenvalue weighted by molar-refractivity contribution is -0.168. The number of hydrogen-bond acceptors (Lipinski definition) is 10. The van der Waals surface area contributed by atoms with Crippen LogP contribution in [0.5, 0.6) is 11.5 Å². The maximum atomic E-state index is 12.6. The van der Waals surface area contributed by atoms with Crippen LogP contribution in [0.1, 0.15) is 30.4 Å². The summed E-state index contributed by atoms with van der Waals surface area (Å²) in [5, 5.41) is 40.3. The van der Waals surface area contributed by atoms with Crippen LogP contribution in [-0.2, 0) is 40.5 Å². The van der Waals surface area contributed by atoms with Gasteiger partial charge in [0.15, 0.2) is 17.6 Å². The first-order valence-corrected chi connectivity index (χ1v) is 11.7. The standard InChI is InChI=1S/C25H25NO11/c1-26-9-8-24-20-12-2-3-13(27)21(20)37-22(24)14(6-7-25(24,34)16(26)10-12)35-18(30)4-5-19(31)36-15(23(32)33)11-17(28)29/h2-6,15-16,22,27,34H,7-11H2,1H3,(H,28,29)(H,32,33)/b5-4+/t15-,16+,22?,24?,25+/m0/s1. The summed E-state index contributed by atoms with van der Waals surface area (Å²) < 4.78 is 16.2. The van der Waals surface area contributed by atoms with E-state index in [1.54, 1.807) is 12.1 Å². The Morgan fingerprint density at radius 3 is 2.65 bits per heavy atom. The van der Waals surface area contributed by atoms with Crippen LogP contribution >= 0.6 is 0 Å². The van der Waals surface area contributed by atoms with Crippen molar-refractivity contribution in [2.24, 2.45) is 0 Å². The molecule has 0 saturated carbocycles. The highest BCUT2D eigenvalue weighted by atomic mass is 16.6. The number of nitrogens with zero attached hydrogens (tertiary/aromatic N) is 1. The monoisotopic (exact) mass is 515 g/mol. The molecule has 0 amide bonds. The van der Waals surface area contributed by atoms with Crippen molar-refractivity contribution in [2.45, 2.75) is 54.9 Å². The summed E-state index contributed by atoms with van der Waals surface area (Å²) >= 11 is 0. The zero-order valence-corrected chi connectivity index (χ0v) is 19.7. The van der Waals surface area contributed by atoms with Crippen LogP contribution in [0.2, 0.25) is 0 Å². The molecule has 1 aromatic rings. The highest BCUT2D eigenvalue weighted by molar-refractivity contribution is 5.93. The predicted molar refractivity (Wildman–Crippen MR) is 122 cm³/mol. The molecule has 2 heterocycles. The molecule has 37 heavy (non-hydrogen) atoms. The van der Waals surface area contributed by atoms with Gasteiger partial charge in [-0.2, -0.15) is 0 Å². The lowest BCUT2D eigenvalue weighted by Gasteiger charge is -2.61. The molecular weight excluding hydrogens is 490 g/mol. The lowest BCUT2D eigenvalue weighted by atomic mass is 9.50. The fraction of sp³-hybridized carbons (Fsp3) is 0.440. The molecule has 12 heteroatoms. The van der Waals surface area contributed by atoms with Gasteiger partial charge in [0.25, 0.3) is 0 Å². The third kappa shape index (κ3) is 3.66. The van der Waals surface area contributed by atoms with Crippen molar-refractivity contribution < 1.29 is 53.8 Å². The SMILES string of the molecule is CN1CCC23c4c5ccc(O)c4OC2C(OC(=O)/C=C/C(=O)O[C@@H](CC(=O)O)C(=O)O)=CC[C@@]3(O)[C@H]1C5. The van der Waals surface area contributed by atoms with Gasteiger partial charge >= 0.3 is 23.9 Å². The van der Waals surface area contributed by atoms with Crippen LogP contribution in [0.25, 0.3) is 0 Å². The van der Waals surface area contributed by atoms with E-state index in [4.69, 9.17) is 19.7 Å². The van der Waals surface area contributed by atoms with E-state index in [2.05, 4.69) is 9.64 Å². The Balaban J connectivity index is 1.39. The molecule has 5 atom stereocenters. The van der Waals surface area contributed by atoms with E-state index < -0.39 is 53.5 Å². The summed E-state index contributed by atoms with van der Waals surface area (Å²) in [4.78, 5) is 48.4. The second kappa shape index (κ2) is 8.60. The number of carbonyl (C=O) groups is 4. The highest BCUT2D eigenvalue weighted by Crippen LogP contribution is 2.65. The number of aliphatic carboxylic acids is 2. The smallest absolute Gasteiger partial charge is 0.345 e. The van der Waals surface area contributed by atoms with E-state index in [-0.39, 0.29) is 29.7 Å². The van der Waals surface area contributed by atoms with Crippen molar-refractivity contribution in [2.75, 3.05) is 13.6 Å². The summed E-state index contributed by atoms with van der Waals surface area (Å²) in [6.45, 7) is 0.648. The minimum absolute atomic E-state index is 0.0788. The summed E-state index contributed by atoms with van der Waals surface area (Å²) in [7, 11) is 1.95. The predicted octanol–water partition coefficient (Wildman–Crippen LogP) is 0.240. The Kier molecular flexibility index (Phi) is 5.76. The summed E-state index contributed by atoms with van der Waals surface area (Å²) in [5.74, 6) is -5.04. The number of hydrogen-bond donors (Lipinski definition) is 4. The van der Waals surface area contributed by atoms with Crippen LogP contribution in [-0.4, -0.2) is 86.6 Å². The second-order valence-electron chi connectivity index (χ2n) is 9.72. The number of aliphatic hydroxyl groups is 1. The molecule has 0 aromatic heterocycles. The van der Waals surface area contributed by atoms with E-state index >= 15 is 0 Å². The second-order valence-corrected chi connectivity index (χ2v) is 9.72. The number of carbonyl (C=O) groups excluding carboxylic acids is 2. The molecule has 0 radical (unpaired) electrons. The first-order valence-electron chi connectivity index (χ1n) is 11.7. The van der Waals surface area contributed by atoms with Crippen molar-refractivity contribution >= 4 is 23.9 Å². The number of esters is 2. The Hall–Kier alpha value is -3.90. The quantitative estimate of drug-likeness (QED) is 0.287. The van der Waals surface area contributed by atoms with Crippen molar-refractivity contribution in [3.63, 3.8) is 0 Å². The zero-order valence-electron chi connectivity index (χ0n) is 19.7. The zero-order chi connectivity index (χ0) is 26.7. The Morgan fingerprint density at radius 1 is 1.22 bits per heavy atom. The summed E-state index contributed by atoms with van der Waals surface area (Å²) in [6.07, 6.45) is 0.397. The highest BCUT2D eigenvalue weighted by Gasteiger charge is 2.72. The minimum Gasteiger partial charge on any atom is -0.504 e. The molecule has 196 valence electrons. The number of carboxylic acid groups (broad SMARTS) is 2. The molecule has 1 spiro atoms. The van der Waals surface area contributed by atoms with Crippen LogP contribution < -0.4 is 4.74 Å². The average molecular weight is 515 g/mol. The number of piperidine rings is 1. The van der Waals surface area contributed by atoms with Gasteiger partial charge in [0.1, 0.15) is 5.76 Å². The van der Waals surface area contributed by atoms with Gasteiger partial charge in [-0.05, 0) is 44.1 Å². The van der Waals surface area contributed by atoms with Crippen molar-refractivity contribution in [1.29, 1.82) is 0 Å². The fourth-order valence-corrected chi connectivity index (χ4v) is 6.24. The number of likely N-dealkylation sites (tertiary alicyclic amines) is 1. The molecule has 1 saturated heterocycles. The van der Waals surface area contributed by atoms with E-state index in [1.807, 2.05) is 13.1 Å². The van der Waals surface area contributed by atoms with Gasteiger partial charge in [0.05, 0.1) is 17.4 Å². The number of rotatable bonds is 7. The van der Waals surface area contributed by atoms with E-state index in [9.17, 15) is 29.4 Å². The first kappa shape index (κ1) is 24.8. The van der Waals surface area contributed by atoms with Crippen LogP contribution in [0, 0.1) is 0 Å². The van der Waals surface area contributed by atoms with Gasteiger partial charge in [-0.3, -0.25) is 4.79 Å². The number of carboxylic acids is 2. The lowest BCUT2D eigenvalue weighted by Crippen LogP contribution is -2.74. The van der Waals surface area contributed by atoms with Crippen LogP contribution in [0.4, 0.5) is 0 Å². The third-order valence-corrected chi connectivity index (χ3v) is 7.82. The van der Waals surface area contributed by atoms with Crippen LogP contribution in [0.15, 0.2) is 36.1 Å². The fourth-order valence-electron chi connectivity index (χ4n) is 6.24. The van der Waals surface area contributed by atoms with E-state index in [0.29, 0.717) is 25.5 Å². The molecule has 2 aliphatic carbocycles. The minimum atomic E-state index is -1.92. The molecular formula is C25H25NO11. The molecule has 1 fully saturated rings. The molecule has 1 aromatic carbocycles. The van der Waals surface area contributed by atoms with Crippen LogP contribution in [0.3, 0.4) is 0 Å². The number of ether oxygens (including phenoxy) is 3. The maximum Gasteiger partial charge on any atom is 0.345 e. The van der Waals surface area contributed by atoms with Crippen molar-refractivity contribution in [3.8, 4) is 11.5 Å². The van der Waals surface area contributed by atoms with Gasteiger partial charge < -0.3 is 39.5 Å². The molecule has 5 rings (SSSR count). The van der Waals surface area contributed by atoms with Crippen molar-refractivity contribution in [3.05, 3.63) is 47.2 Å². The Morgan fingerprint density at radius 2 is 1.95 bits per heavy atom. The van der Waals surface area contributed by atoms with Gasteiger partial charge in [-0.1, -0.05) is 6.07 Å². The van der Waals surface area contributed by atoms with Gasteiger partial charge in [0, 0.05) is 30.2 Å². The van der Waals surface area contributed by atoms with Gasteiger partial charge in [-0.15, -0.1) is 0 Å². The average Bonchev–Trinajstić information content (AvgIpc) is 3.19. The first-order chi connectivity index (χ1) is 17.5. The Bertz CT molecular complexity index is 1270. The maximum absolute atomic E-state index is 12.6.